The number of thiazole rings is 1. The zero-order valence-corrected chi connectivity index (χ0v) is 8.95. The third kappa shape index (κ3) is 2.73. The Morgan fingerprint density at radius 1 is 1.67 bits per heavy atom. The topological polar surface area (TPSA) is 16.1 Å². The van der Waals surface area contributed by atoms with E-state index in [9.17, 15) is 0 Å². The summed E-state index contributed by atoms with van der Waals surface area (Å²) in [6.07, 6.45) is 0. The molecule has 0 aliphatic rings. The smallest absolute Gasteiger partial charge is 0.108 e. The van der Waals surface area contributed by atoms with Crippen molar-refractivity contribution in [1.82, 2.24) is 9.88 Å². The van der Waals surface area contributed by atoms with Crippen molar-refractivity contribution in [2.75, 3.05) is 13.6 Å². The lowest BCUT2D eigenvalue weighted by Crippen LogP contribution is -2.16. The fourth-order valence-electron chi connectivity index (χ4n) is 0.871. The number of alkyl halides is 1. The molecule has 68 valence electrons. The molecule has 0 unspecified atom stereocenters. The van der Waals surface area contributed by atoms with Crippen LogP contribution in [0.4, 0.5) is 0 Å². The van der Waals surface area contributed by atoms with Gasteiger partial charge in [-0.05, 0) is 13.6 Å². The molecule has 1 rings (SSSR count). The Labute approximate surface area is 82.2 Å². The van der Waals surface area contributed by atoms with Gasteiger partial charge in [0.15, 0.2) is 0 Å². The van der Waals surface area contributed by atoms with Crippen LogP contribution in [0.25, 0.3) is 0 Å². The average Bonchev–Trinajstić information content (AvgIpc) is 2.52. The van der Waals surface area contributed by atoms with Crippen LogP contribution >= 0.6 is 22.9 Å². The minimum absolute atomic E-state index is 0.528. The molecule has 0 fully saturated rings. The number of halogens is 1. The number of nitrogens with zero attached hydrogens (tertiary/aromatic N) is 2. The zero-order chi connectivity index (χ0) is 8.97. The highest BCUT2D eigenvalue weighted by Gasteiger charge is 2.02. The third-order valence-corrected chi connectivity index (χ3v) is 2.99. The maximum absolute atomic E-state index is 5.64. The largest absolute Gasteiger partial charge is 0.301 e. The summed E-state index contributed by atoms with van der Waals surface area (Å²) in [6, 6.07) is 0. The Morgan fingerprint density at radius 3 is 2.92 bits per heavy atom. The zero-order valence-electron chi connectivity index (χ0n) is 7.38. The molecule has 1 aromatic heterocycles. The summed E-state index contributed by atoms with van der Waals surface area (Å²) < 4.78 is 0. The number of hydrogen-bond donors (Lipinski definition) is 0. The van der Waals surface area contributed by atoms with E-state index in [1.165, 1.54) is 0 Å². The van der Waals surface area contributed by atoms with Crippen LogP contribution in [-0.2, 0) is 12.4 Å². The second-order valence-electron chi connectivity index (χ2n) is 2.70. The Balaban J connectivity index is 2.52. The molecular weight excluding hydrogens is 192 g/mol. The number of rotatable bonds is 4. The molecular formula is C8H13ClN2S. The Morgan fingerprint density at radius 2 is 2.42 bits per heavy atom. The van der Waals surface area contributed by atoms with Gasteiger partial charge in [-0.3, -0.25) is 0 Å². The summed E-state index contributed by atoms with van der Waals surface area (Å²) in [7, 11) is 2.08. The lowest BCUT2D eigenvalue weighted by Gasteiger charge is -2.10. The molecule has 2 nitrogen and oxygen atoms in total. The first kappa shape index (κ1) is 9.96. The summed E-state index contributed by atoms with van der Waals surface area (Å²) in [5, 5.41) is 3.08. The summed E-state index contributed by atoms with van der Waals surface area (Å²) in [5.74, 6) is 0.528. The Bertz CT molecular complexity index is 237. The van der Waals surface area contributed by atoms with E-state index in [1.807, 2.05) is 0 Å². The predicted octanol–water partition coefficient (Wildman–Crippen LogP) is 2.33. The van der Waals surface area contributed by atoms with Crippen LogP contribution in [0.5, 0.6) is 0 Å². The first-order valence-corrected chi connectivity index (χ1v) is 5.35. The van der Waals surface area contributed by atoms with E-state index in [1.54, 1.807) is 11.3 Å². The van der Waals surface area contributed by atoms with Crippen molar-refractivity contribution >= 4 is 22.9 Å². The van der Waals surface area contributed by atoms with E-state index >= 15 is 0 Å². The van der Waals surface area contributed by atoms with Crippen molar-refractivity contribution < 1.29 is 0 Å². The van der Waals surface area contributed by atoms with Gasteiger partial charge < -0.3 is 4.90 Å². The lowest BCUT2D eigenvalue weighted by molar-refractivity contribution is 0.342. The molecule has 0 atom stereocenters. The molecule has 0 N–H and O–H groups in total. The molecule has 0 spiro atoms. The number of aromatic nitrogens is 1. The van der Waals surface area contributed by atoms with Crippen molar-refractivity contribution in [2.45, 2.75) is 19.3 Å². The standard InChI is InChI=1S/C8H13ClN2S/c1-3-11(2)5-7-6-12-8(4-9)10-7/h6H,3-5H2,1-2H3. The molecule has 0 aliphatic carbocycles. The van der Waals surface area contributed by atoms with E-state index < -0.39 is 0 Å². The third-order valence-electron chi connectivity index (χ3n) is 1.69. The van der Waals surface area contributed by atoms with E-state index in [4.69, 9.17) is 11.6 Å². The van der Waals surface area contributed by atoms with Gasteiger partial charge in [0.2, 0.25) is 0 Å². The maximum Gasteiger partial charge on any atom is 0.108 e. The fraction of sp³-hybridized carbons (Fsp3) is 0.625. The van der Waals surface area contributed by atoms with Gasteiger partial charge in [-0.15, -0.1) is 22.9 Å². The molecule has 1 aromatic rings. The van der Waals surface area contributed by atoms with Gasteiger partial charge in [0.25, 0.3) is 0 Å². The molecule has 1 heterocycles. The van der Waals surface area contributed by atoms with Gasteiger partial charge in [-0.2, -0.15) is 0 Å². The van der Waals surface area contributed by atoms with Gasteiger partial charge in [0.05, 0.1) is 11.6 Å². The van der Waals surface area contributed by atoms with E-state index in [0.29, 0.717) is 5.88 Å². The molecule has 0 bridgehead atoms. The van der Waals surface area contributed by atoms with Crippen LogP contribution < -0.4 is 0 Å². The SMILES string of the molecule is CCN(C)Cc1csc(CCl)n1. The highest BCUT2D eigenvalue weighted by atomic mass is 35.5. The first-order valence-electron chi connectivity index (χ1n) is 3.94. The molecule has 0 saturated carbocycles. The van der Waals surface area contributed by atoms with Gasteiger partial charge in [0.1, 0.15) is 5.01 Å². The normalized spacial score (nSPS) is 11.0. The molecule has 0 saturated heterocycles. The van der Waals surface area contributed by atoms with Crippen LogP contribution in [0.1, 0.15) is 17.6 Å². The highest BCUT2D eigenvalue weighted by Crippen LogP contribution is 2.12. The van der Waals surface area contributed by atoms with Gasteiger partial charge in [0, 0.05) is 11.9 Å². The summed E-state index contributed by atoms with van der Waals surface area (Å²) in [5.41, 5.74) is 1.13. The average molecular weight is 205 g/mol. The molecule has 0 amide bonds. The Hall–Kier alpha value is -0.120. The molecule has 4 heteroatoms. The lowest BCUT2D eigenvalue weighted by atomic mass is 10.4. The van der Waals surface area contributed by atoms with E-state index in [0.717, 1.165) is 23.8 Å². The van der Waals surface area contributed by atoms with Gasteiger partial charge in [-0.1, -0.05) is 6.92 Å². The van der Waals surface area contributed by atoms with E-state index in [2.05, 4.69) is 29.2 Å². The second kappa shape index (κ2) is 4.80. The quantitative estimate of drug-likeness (QED) is 0.700. The maximum atomic E-state index is 5.64. The van der Waals surface area contributed by atoms with Gasteiger partial charge in [-0.25, -0.2) is 4.98 Å². The van der Waals surface area contributed by atoms with Crippen LogP contribution in [0, 0.1) is 0 Å². The minimum atomic E-state index is 0.528. The molecule has 0 aliphatic heterocycles. The summed E-state index contributed by atoms with van der Waals surface area (Å²) in [6.45, 7) is 4.10. The van der Waals surface area contributed by atoms with Crippen LogP contribution in [0.2, 0.25) is 0 Å². The molecule has 12 heavy (non-hydrogen) atoms. The second-order valence-corrected chi connectivity index (χ2v) is 3.91. The minimum Gasteiger partial charge on any atom is -0.301 e. The van der Waals surface area contributed by atoms with E-state index in [-0.39, 0.29) is 0 Å². The summed E-state index contributed by atoms with van der Waals surface area (Å²) in [4.78, 5) is 6.58. The van der Waals surface area contributed by atoms with Crippen molar-refractivity contribution in [3.05, 3.63) is 16.1 Å². The highest BCUT2D eigenvalue weighted by molar-refractivity contribution is 7.09. The summed E-state index contributed by atoms with van der Waals surface area (Å²) >= 11 is 7.28. The van der Waals surface area contributed by atoms with Crippen molar-refractivity contribution in [1.29, 1.82) is 0 Å². The monoisotopic (exact) mass is 204 g/mol. The van der Waals surface area contributed by atoms with Crippen molar-refractivity contribution in [2.24, 2.45) is 0 Å². The van der Waals surface area contributed by atoms with Crippen LogP contribution in [0.15, 0.2) is 5.38 Å². The molecule has 0 radical (unpaired) electrons. The fourth-order valence-corrected chi connectivity index (χ4v) is 1.75. The van der Waals surface area contributed by atoms with Crippen molar-refractivity contribution in [3.8, 4) is 0 Å². The predicted molar refractivity (Wildman–Crippen MR) is 53.7 cm³/mol. The Kier molecular flexibility index (Phi) is 3.98. The first-order chi connectivity index (χ1) is 5.76. The van der Waals surface area contributed by atoms with Crippen LogP contribution in [0.3, 0.4) is 0 Å². The molecule has 0 aromatic carbocycles. The van der Waals surface area contributed by atoms with Gasteiger partial charge >= 0.3 is 0 Å². The van der Waals surface area contributed by atoms with Crippen LogP contribution in [-0.4, -0.2) is 23.5 Å². The number of hydrogen-bond acceptors (Lipinski definition) is 3. The van der Waals surface area contributed by atoms with Crippen molar-refractivity contribution in [3.63, 3.8) is 0 Å².